The number of hydrazone groups is 1. The molecule has 2 N–H and O–H groups in total. The van der Waals surface area contributed by atoms with Gasteiger partial charge in [0.2, 0.25) is 0 Å². The van der Waals surface area contributed by atoms with Crippen molar-refractivity contribution in [1.82, 2.24) is 10.7 Å². The zero-order valence-corrected chi connectivity index (χ0v) is 21.7. The first-order chi connectivity index (χ1) is 18.0. The molecule has 0 bridgehead atoms. The van der Waals surface area contributed by atoms with Crippen molar-refractivity contribution in [3.8, 4) is 5.75 Å². The van der Waals surface area contributed by atoms with Crippen LogP contribution in [0.25, 0.3) is 6.08 Å². The van der Waals surface area contributed by atoms with E-state index in [-0.39, 0.29) is 5.70 Å². The number of nitrogens with one attached hydrogen (secondary N) is 2. The summed E-state index contributed by atoms with van der Waals surface area (Å²) >= 11 is 4.76. The molecule has 0 aliphatic carbocycles. The van der Waals surface area contributed by atoms with Gasteiger partial charge in [-0.25, -0.2) is 10.2 Å². The zero-order chi connectivity index (χ0) is 26.0. The normalized spacial score (nSPS) is 11.2. The Hall–Kier alpha value is -4.34. The number of nitrogens with zero attached hydrogens (tertiary/aromatic N) is 1. The van der Waals surface area contributed by atoms with Gasteiger partial charge >= 0.3 is 5.97 Å². The standard InChI is InChI=1S/C28H20BrN3O4S/c29-22-9-4-8-21(16-22)28(35)36-23-13-11-19(12-14-23)18-30-32-27(34)25(17-24-10-5-15-37-24)31-26(33)20-6-2-1-3-7-20/h1-18H,(H,31,33)(H,32,34)/b25-17+,30-18+. The van der Waals surface area contributed by atoms with Crippen LogP contribution >= 0.6 is 27.3 Å². The fourth-order valence-electron chi connectivity index (χ4n) is 3.09. The van der Waals surface area contributed by atoms with E-state index >= 15 is 0 Å². The van der Waals surface area contributed by atoms with E-state index in [1.807, 2.05) is 23.6 Å². The molecule has 7 nitrogen and oxygen atoms in total. The molecule has 0 saturated heterocycles. The Morgan fingerprint density at radius 1 is 0.865 bits per heavy atom. The van der Waals surface area contributed by atoms with Crippen molar-refractivity contribution in [3.63, 3.8) is 0 Å². The molecule has 0 atom stereocenters. The summed E-state index contributed by atoms with van der Waals surface area (Å²) in [5.41, 5.74) is 4.01. The molecular formula is C28H20BrN3O4S. The highest BCUT2D eigenvalue weighted by Gasteiger charge is 2.14. The van der Waals surface area contributed by atoms with E-state index in [2.05, 4.69) is 31.8 Å². The lowest BCUT2D eigenvalue weighted by molar-refractivity contribution is -0.117. The number of thiophene rings is 1. The Bertz CT molecular complexity index is 1450. The van der Waals surface area contributed by atoms with Gasteiger partial charge in [0.1, 0.15) is 11.4 Å². The number of hydrogen-bond donors (Lipinski definition) is 2. The second-order valence-electron chi connectivity index (χ2n) is 7.56. The van der Waals surface area contributed by atoms with Gasteiger partial charge in [0.15, 0.2) is 0 Å². The van der Waals surface area contributed by atoms with Gasteiger partial charge < -0.3 is 10.1 Å². The smallest absolute Gasteiger partial charge is 0.343 e. The number of carbonyl (C=O) groups is 3. The summed E-state index contributed by atoms with van der Waals surface area (Å²) in [5.74, 6) is -1.09. The third-order valence-corrected chi connectivity index (χ3v) is 6.20. The van der Waals surface area contributed by atoms with Crippen molar-refractivity contribution >= 4 is 57.3 Å². The number of ether oxygens (including phenoxy) is 1. The van der Waals surface area contributed by atoms with Gasteiger partial charge in [-0.15, -0.1) is 11.3 Å². The average Bonchev–Trinajstić information content (AvgIpc) is 3.43. The van der Waals surface area contributed by atoms with Crippen LogP contribution in [-0.2, 0) is 4.79 Å². The number of esters is 1. The first-order valence-corrected chi connectivity index (χ1v) is 12.7. The summed E-state index contributed by atoms with van der Waals surface area (Å²) in [6.07, 6.45) is 3.03. The molecule has 37 heavy (non-hydrogen) atoms. The van der Waals surface area contributed by atoms with Gasteiger partial charge in [-0.1, -0.05) is 46.3 Å². The third kappa shape index (κ3) is 7.57. The molecule has 9 heteroatoms. The van der Waals surface area contributed by atoms with Crippen molar-refractivity contribution in [2.24, 2.45) is 5.10 Å². The third-order valence-electron chi connectivity index (χ3n) is 4.89. The van der Waals surface area contributed by atoms with E-state index in [1.54, 1.807) is 78.9 Å². The highest BCUT2D eigenvalue weighted by Crippen LogP contribution is 2.17. The fraction of sp³-hybridized carbons (Fsp3) is 0. The second-order valence-corrected chi connectivity index (χ2v) is 9.46. The van der Waals surface area contributed by atoms with E-state index in [1.165, 1.54) is 17.6 Å². The number of carbonyl (C=O) groups excluding carboxylic acids is 3. The molecule has 2 amide bonds. The molecule has 184 valence electrons. The maximum Gasteiger partial charge on any atom is 0.343 e. The van der Waals surface area contributed by atoms with Gasteiger partial charge in [0.05, 0.1) is 11.8 Å². The van der Waals surface area contributed by atoms with Gasteiger partial charge in [-0.3, -0.25) is 9.59 Å². The predicted octanol–water partition coefficient (Wildman–Crippen LogP) is 5.65. The minimum atomic E-state index is -0.575. The van der Waals surface area contributed by atoms with Crippen LogP contribution in [0.5, 0.6) is 5.75 Å². The number of amides is 2. The molecule has 3 aromatic carbocycles. The minimum Gasteiger partial charge on any atom is -0.423 e. The monoisotopic (exact) mass is 573 g/mol. The summed E-state index contributed by atoms with van der Waals surface area (Å²) < 4.78 is 6.17. The minimum absolute atomic E-state index is 0.0586. The second kappa shape index (κ2) is 12.6. The van der Waals surface area contributed by atoms with E-state index in [9.17, 15) is 14.4 Å². The van der Waals surface area contributed by atoms with E-state index in [0.717, 1.165) is 9.35 Å². The molecular weight excluding hydrogens is 554 g/mol. The van der Waals surface area contributed by atoms with Crippen LogP contribution in [0.3, 0.4) is 0 Å². The van der Waals surface area contributed by atoms with Crippen molar-refractivity contribution in [2.45, 2.75) is 0 Å². The SMILES string of the molecule is O=C(N/N=C/c1ccc(OC(=O)c2cccc(Br)c2)cc1)/C(=C\c1cccs1)NC(=O)c1ccccc1. The quantitative estimate of drug-likeness (QED) is 0.0935. The van der Waals surface area contributed by atoms with E-state index < -0.39 is 17.8 Å². The van der Waals surface area contributed by atoms with E-state index in [0.29, 0.717) is 22.4 Å². The molecule has 0 aliphatic heterocycles. The highest BCUT2D eigenvalue weighted by atomic mass is 79.9. The van der Waals surface area contributed by atoms with Crippen LogP contribution in [0.2, 0.25) is 0 Å². The summed E-state index contributed by atoms with van der Waals surface area (Å²) in [5, 5.41) is 8.52. The van der Waals surface area contributed by atoms with Crippen LogP contribution < -0.4 is 15.5 Å². The summed E-state index contributed by atoms with van der Waals surface area (Å²) in [7, 11) is 0. The molecule has 0 saturated carbocycles. The molecule has 0 fully saturated rings. The number of hydrogen-bond acceptors (Lipinski definition) is 6. The molecule has 4 rings (SSSR count). The molecule has 4 aromatic rings. The van der Waals surface area contributed by atoms with Crippen molar-refractivity contribution in [1.29, 1.82) is 0 Å². The molecule has 1 heterocycles. The molecule has 0 unspecified atom stereocenters. The zero-order valence-electron chi connectivity index (χ0n) is 19.3. The molecule has 0 radical (unpaired) electrons. The van der Waals surface area contributed by atoms with Crippen LogP contribution in [0.15, 0.2) is 112 Å². The number of rotatable bonds is 8. The first-order valence-electron chi connectivity index (χ1n) is 11.0. The Labute approximate surface area is 225 Å². The topological polar surface area (TPSA) is 96.9 Å². The largest absolute Gasteiger partial charge is 0.423 e. The number of halogens is 1. The van der Waals surface area contributed by atoms with Crippen LogP contribution in [-0.4, -0.2) is 24.0 Å². The van der Waals surface area contributed by atoms with Gasteiger partial charge in [0.25, 0.3) is 11.8 Å². The molecule has 0 spiro atoms. The predicted molar refractivity (Wildman–Crippen MR) is 147 cm³/mol. The van der Waals surface area contributed by atoms with Gasteiger partial charge in [-0.05, 0) is 77.7 Å². The lowest BCUT2D eigenvalue weighted by Crippen LogP contribution is -2.32. The van der Waals surface area contributed by atoms with E-state index in [4.69, 9.17) is 4.74 Å². The lowest BCUT2D eigenvalue weighted by atomic mass is 10.2. The van der Waals surface area contributed by atoms with Crippen molar-refractivity contribution in [3.05, 3.63) is 128 Å². The maximum atomic E-state index is 12.8. The van der Waals surface area contributed by atoms with Crippen LogP contribution in [0, 0.1) is 0 Å². The number of benzene rings is 3. The lowest BCUT2D eigenvalue weighted by Gasteiger charge is -2.08. The summed E-state index contributed by atoms with van der Waals surface area (Å²) in [6, 6.07) is 25.9. The van der Waals surface area contributed by atoms with Gasteiger partial charge in [-0.2, -0.15) is 5.10 Å². The molecule has 0 aliphatic rings. The maximum absolute atomic E-state index is 12.8. The average molecular weight is 574 g/mol. The first kappa shape index (κ1) is 25.7. The highest BCUT2D eigenvalue weighted by molar-refractivity contribution is 9.10. The van der Waals surface area contributed by atoms with Crippen molar-refractivity contribution in [2.75, 3.05) is 0 Å². The Balaban J connectivity index is 1.38. The Morgan fingerprint density at radius 3 is 2.32 bits per heavy atom. The van der Waals surface area contributed by atoms with Crippen LogP contribution in [0.1, 0.15) is 31.2 Å². The van der Waals surface area contributed by atoms with Crippen LogP contribution in [0.4, 0.5) is 0 Å². The Kier molecular flexibility index (Phi) is 8.75. The Morgan fingerprint density at radius 2 is 1.62 bits per heavy atom. The summed E-state index contributed by atoms with van der Waals surface area (Å²) in [4.78, 5) is 38.5. The summed E-state index contributed by atoms with van der Waals surface area (Å²) in [6.45, 7) is 0. The van der Waals surface area contributed by atoms with Gasteiger partial charge in [0, 0.05) is 14.9 Å². The van der Waals surface area contributed by atoms with Crippen molar-refractivity contribution < 1.29 is 19.1 Å². The fourth-order valence-corrected chi connectivity index (χ4v) is 4.14. The molecule has 1 aromatic heterocycles.